The van der Waals surface area contributed by atoms with Gasteiger partial charge in [0.05, 0.1) is 6.61 Å². The van der Waals surface area contributed by atoms with E-state index in [-0.39, 0.29) is 6.04 Å². The number of hydrogen-bond donors (Lipinski definition) is 1. The molecule has 110 valence electrons. The lowest BCUT2D eigenvalue weighted by atomic mass is 9.96. The van der Waals surface area contributed by atoms with Crippen LogP contribution in [-0.4, -0.2) is 6.61 Å². The lowest BCUT2D eigenvalue weighted by Crippen LogP contribution is -2.11. The summed E-state index contributed by atoms with van der Waals surface area (Å²) >= 11 is 0. The molecule has 1 aliphatic heterocycles. The van der Waals surface area contributed by atoms with Crippen molar-refractivity contribution in [2.75, 3.05) is 6.61 Å². The molecular formula is C19H23NO. The lowest BCUT2D eigenvalue weighted by molar-refractivity contribution is 0.357. The van der Waals surface area contributed by atoms with Gasteiger partial charge in [-0.1, -0.05) is 41.5 Å². The number of nitrogens with two attached hydrogens (primary N) is 1. The van der Waals surface area contributed by atoms with Crippen LogP contribution in [0.1, 0.15) is 40.3 Å². The van der Waals surface area contributed by atoms with E-state index in [0.29, 0.717) is 0 Å². The van der Waals surface area contributed by atoms with E-state index in [4.69, 9.17) is 10.5 Å². The van der Waals surface area contributed by atoms with Gasteiger partial charge in [0.1, 0.15) is 5.75 Å². The van der Waals surface area contributed by atoms with E-state index in [9.17, 15) is 0 Å². The Kier molecular flexibility index (Phi) is 3.98. The van der Waals surface area contributed by atoms with Crippen LogP contribution in [-0.2, 0) is 12.8 Å². The molecule has 1 unspecified atom stereocenters. The zero-order valence-electron chi connectivity index (χ0n) is 12.9. The fourth-order valence-corrected chi connectivity index (χ4v) is 3.11. The third kappa shape index (κ3) is 3.27. The second-order valence-corrected chi connectivity index (χ2v) is 6.11. The summed E-state index contributed by atoms with van der Waals surface area (Å²) in [5.41, 5.74) is 12.9. The molecule has 0 fully saturated rings. The van der Waals surface area contributed by atoms with E-state index in [2.05, 4.69) is 50.2 Å². The molecule has 0 saturated carbocycles. The molecule has 2 N–H and O–H groups in total. The van der Waals surface area contributed by atoms with Gasteiger partial charge in [-0.3, -0.25) is 0 Å². The quantitative estimate of drug-likeness (QED) is 0.923. The van der Waals surface area contributed by atoms with Crippen LogP contribution >= 0.6 is 0 Å². The van der Waals surface area contributed by atoms with Crippen molar-refractivity contribution in [3.05, 3.63) is 64.2 Å². The fraction of sp³-hybridized carbons (Fsp3) is 0.368. The second-order valence-electron chi connectivity index (χ2n) is 6.11. The van der Waals surface area contributed by atoms with Crippen molar-refractivity contribution in [3.63, 3.8) is 0 Å². The van der Waals surface area contributed by atoms with E-state index < -0.39 is 0 Å². The predicted octanol–water partition coefficient (Wildman–Crippen LogP) is 3.87. The van der Waals surface area contributed by atoms with Crippen LogP contribution in [0.15, 0.2) is 36.4 Å². The molecular weight excluding hydrogens is 258 g/mol. The van der Waals surface area contributed by atoms with Crippen molar-refractivity contribution in [3.8, 4) is 5.75 Å². The molecule has 0 saturated heterocycles. The molecule has 21 heavy (non-hydrogen) atoms. The van der Waals surface area contributed by atoms with Gasteiger partial charge in [-0.05, 0) is 49.4 Å². The maximum Gasteiger partial charge on any atom is 0.122 e. The van der Waals surface area contributed by atoms with Gasteiger partial charge in [-0.15, -0.1) is 0 Å². The van der Waals surface area contributed by atoms with Gasteiger partial charge in [0, 0.05) is 12.5 Å². The summed E-state index contributed by atoms with van der Waals surface area (Å²) in [6, 6.07) is 13.2. The molecule has 1 atom stereocenters. The second kappa shape index (κ2) is 5.90. The summed E-state index contributed by atoms with van der Waals surface area (Å²) in [4.78, 5) is 0. The van der Waals surface area contributed by atoms with Gasteiger partial charge in [0.2, 0.25) is 0 Å². The highest BCUT2D eigenvalue weighted by Crippen LogP contribution is 2.27. The smallest absolute Gasteiger partial charge is 0.122 e. The minimum atomic E-state index is 0.105. The average Bonchev–Trinajstić information content (AvgIpc) is 2.91. The zero-order chi connectivity index (χ0) is 14.8. The van der Waals surface area contributed by atoms with Gasteiger partial charge >= 0.3 is 0 Å². The van der Waals surface area contributed by atoms with E-state index in [1.54, 1.807) is 0 Å². The molecule has 0 aromatic heterocycles. The Bertz CT molecular complexity index is 628. The van der Waals surface area contributed by atoms with Crippen molar-refractivity contribution in [2.24, 2.45) is 5.73 Å². The molecule has 0 aliphatic carbocycles. The zero-order valence-corrected chi connectivity index (χ0v) is 12.9. The predicted molar refractivity (Wildman–Crippen MR) is 86.8 cm³/mol. The molecule has 1 heterocycles. The Morgan fingerprint density at radius 3 is 2.62 bits per heavy atom. The number of hydrogen-bond acceptors (Lipinski definition) is 2. The highest BCUT2D eigenvalue weighted by molar-refractivity contribution is 5.40. The Balaban J connectivity index is 1.66. The summed E-state index contributed by atoms with van der Waals surface area (Å²) < 4.78 is 5.55. The summed E-state index contributed by atoms with van der Waals surface area (Å²) in [6.45, 7) is 5.08. The number of aryl methyl sites for hydroxylation is 3. The SMILES string of the molecule is Cc1cc(C)cc(C(N)CCc2ccc3c(c2)CCO3)c1. The first-order valence-electron chi connectivity index (χ1n) is 7.70. The summed E-state index contributed by atoms with van der Waals surface area (Å²) in [7, 11) is 0. The molecule has 2 aromatic rings. The van der Waals surface area contributed by atoms with Crippen molar-refractivity contribution >= 4 is 0 Å². The first kappa shape index (κ1) is 14.2. The summed E-state index contributed by atoms with van der Waals surface area (Å²) in [6.07, 6.45) is 3.02. The van der Waals surface area contributed by atoms with Gasteiger partial charge in [0.15, 0.2) is 0 Å². The molecule has 0 radical (unpaired) electrons. The van der Waals surface area contributed by atoms with E-state index >= 15 is 0 Å². The van der Waals surface area contributed by atoms with Crippen molar-refractivity contribution in [1.82, 2.24) is 0 Å². The Morgan fingerprint density at radius 2 is 1.86 bits per heavy atom. The minimum absolute atomic E-state index is 0.105. The highest BCUT2D eigenvalue weighted by atomic mass is 16.5. The molecule has 0 bridgehead atoms. The first-order chi connectivity index (χ1) is 10.1. The van der Waals surface area contributed by atoms with Gasteiger partial charge < -0.3 is 10.5 Å². The van der Waals surface area contributed by atoms with Crippen molar-refractivity contribution < 1.29 is 4.74 Å². The lowest BCUT2D eigenvalue weighted by Gasteiger charge is -2.14. The highest BCUT2D eigenvalue weighted by Gasteiger charge is 2.13. The summed E-state index contributed by atoms with van der Waals surface area (Å²) in [5.74, 6) is 1.05. The Labute approximate surface area is 126 Å². The van der Waals surface area contributed by atoms with E-state index in [1.165, 1.54) is 27.8 Å². The average molecular weight is 281 g/mol. The molecule has 0 amide bonds. The maximum atomic E-state index is 6.37. The third-order valence-corrected chi connectivity index (χ3v) is 4.17. The largest absolute Gasteiger partial charge is 0.493 e. The van der Waals surface area contributed by atoms with Crippen molar-refractivity contribution in [1.29, 1.82) is 0 Å². The third-order valence-electron chi connectivity index (χ3n) is 4.17. The molecule has 2 nitrogen and oxygen atoms in total. The van der Waals surface area contributed by atoms with E-state index in [0.717, 1.165) is 31.6 Å². The van der Waals surface area contributed by atoms with Gasteiger partial charge in [-0.2, -0.15) is 0 Å². The maximum absolute atomic E-state index is 6.37. The molecule has 1 aliphatic rings. The number of ether oxygens (including phenoxy) is 1. The van der Waals surface area contributed by atoms with Crippen LogP contribution in [0.5, 0.6) is 5.75 Å². The summed E-state index contributed by atoms with van der Waals surface area (Å²) in [5, 5.41) is 0. The molecule has 2 heteroatoms. The van der Waals surface area contributed by atoms with E-state index in [1.807, 2.05) is 0 Å². The van der Waals surface area contributed by atoms with Crippen molar-refractivity contribution in [2.45, 2.75) is 39.2 Å². The Hall–Kier alpha value is -1.80. The number of rotatable bonds is 4. The fourth-order valence-electron chi connectivity index (χ4n) is 3.11. The standard InChI is InChI=1S/C19H23NO/c1-13-9-14(2)11-17(10-13)18(20)5-3-15-4-6-19-16(12-15)7-8-21-19/h4,6,9-12,18H,3,5,7-8,20H2,1-2H3. The van der Waals surface area contributed by atoms with Crippen LogP contribution in [0, 0.1) is 13.8 Å². The molecule has 0 spiro atoms. The monoisotopic (exact) mass is 281 g/mol. The van der Waals surface area contributed by atoms with Crippen LogP contribution in [0.3, 0.4) is 0 Å². The first-order valence-corrected chi connectivity index (χ1v) is 7.70. The van der Waals surface area contributed by atoms with Crippen LogP contribution in [0.25, 0.3) is 0 Å². The Morgan fingerprint density at radius 1 is 1.10 bits per heavy atom. The van der Waals surface area contributed by atoms with Crippen LogP contribution in [0.4, 0.5) is 0 Å². The normalized spacial score (nSPS) is 14.6. The van der Waals surface area contributed by atoms with Gasteiger partial charge in [0.25, 0.3) is 0 Å². The van der Waals surface area contributed by atoms with Crippen LogP contribution < -0.4 is 10.5 Å². The molecule has 2 aromatic carbocycles. The number of fused-ring (bicyclic) bond motifs is 1. The molecule has 3 rings (SSSR count). The van der Waals surface area contributed by atoms with Crippen LogP contribution in [0.2, 0.25) is 0 Å². The van der Waals surface area contributed by atoms with Gasteiger partial charge in [-0.25, -0.2) is 0 Å². The topological polar surface area (TPSA) is 35.2 Å². The number of benzene rings is 2. The minimum Gasteiger partial charge on any atom is -0.493 e.